The van der Waals surface area contributed by atoms with Gasteiger partial charge in [-0.15, -0.1) is 0 Å². The predicted octanol–water partition coefficient (Wildman–Crippen LogP) is 0.379. The summed E-state index contributed by atoms with van der Waals surface area (Å²) in [4.78, 5) is 17.3. The summed E-state index contributed by atoms with van der Waals surface area (Å²) >= 11 is 1.52. The van der Waals surface area contributed by atoms with E-state index in [2.05, 4.69) is 16.8 Å². The van der Waals surface area contributed by atoms with E-state index in [0.717, 1.165) is 31.3 Å². The van der Waals surface area contributed by atoms with Crippen LogP contribution in [-0.2, 0) is 9.53 Å². The summed E-state index contributed by atoms with van der Waals surface area (Å²) in [6, 6.07) is 0. The maximum absolute atomic E-state index is 11.0. The van der Waals surface area contributed by atoms with Crippen molar-refractivity contribution in [1.29, 1.82) is 0 Å². The maximum Gasteiger partial charge on any atom is 0.256 e. The van der Waals surface area contributed by atoms with Gasteiger partial charge in [0.25, 0.3) is 5.91 Å². The summed E-state index contributed by atoms with van der Waals surface area (Å²) in [6.45, 7) is 5.77. The van der Waals surface area contributed by atoms with E-state index in [1.807, 2.05) is 0 Å². The Morgan fingerprint density at radius 2 is 2.57 bits per heavy atom. The molecule has 1 saturated heterocycles. The minimum Gasteiger partial charge on any atom is -0.369 e. The standard InChI is InChI=1S/C9H14N2O2S/c1-2-11-3-4-13-7(5-11)9-10-8(12)6-14-9/h7H,2-6H2,1H3. The Labute approximate surface area is 87.7 Å². The van der Waals surface area contributed by atoms with Crippen molar-refractivity contribution in [3.8, 4) is 0 Å². The van der Waals surface area contributed by atoms with Gasteiger partial charge in [0.1, 0.15) is 11.1 Å². The van der Waals surface area contributed by atoms with Crippen molar-refractivity contribution in [3.05, 3.63) is 0 Å². The summed E-state index contributed by atoms with van der Waals surface area (Å²) in [6.07, 6.45) is 0.0279. The molecule has 1 amide bonds. The number of carbonyl (C=O) groups is 1. The molecule has 0 aromatic carbocycles. The number of ether oxygens (including phenoxy) is 1. The highest BCUT2D eigenvalue weighted by Gasteiger charge is 2.28. The maximum atomic E-state index is 11.0. The van der Waals surface area contributed by atoms with E-state index in [0.29, 0.717) is 5.75 Å². The Morgan fingerprint density at radius 3 is 3.21 bits per heavy atom. The van der Waals surface area contributed by atoms with Crippen molar-refractivity contribution in [2.45, 2.75) is 13.0 Å². The number of nitrogens with zero attached hydrogens (tertiary/aromatic N) is 2. The summed E-state index contributed by atoms with van der Waals surface area (Å²) in [5.41, 5.74) is 0. The number of hydrogen-bond donors (Lipinski definition) is 0. The van der Waals surface area contributed by atoms with E-state index in [1.54, 1.807) is 0 Å². The lowest BCUT2D eigenvalue weighted by atomic mass is 10.3. The molecule has 0 bridgehead atoms. The van der Waals surface area contributed by atoms with E-state index in [9.17, 15) is 4.79 Å². The van der Waals surface area contributed by atoms with Crippen LogP contribution in [0.1, 0.15) is 6.92 Å². The quantitative estimate of drug-likeness (QED) is 0.666. The molecule has 0 aromatic rings. The summed E-state index contributed by atoms with van der Waals surface area (Å²) in [7, 11) is 0. The smallest absolute Gasteiger partial charge is 0.256 e. The van der Waals surface area contributed by atoms with Crippen LogP contribution < -0.4 is 0 Å². The minimum absolute atomic E-state index is 0.0257. The molecule has 2 aliphatic rings. The van der Waals surface area contributed by atoms with Gasteiger partial charge in [-0.05, 0) is 6.54 Å². The Kier molecular flexibility index (Phi) is 3.20. The Balaban J connectivity index is 1.97. The van der Waals surface area contributed by atoms with Gasteiger partial charge >= 0.3 is 0 Å². The molecule has 1 unspecified atom stereocenters. The zero-order chi connectivity index (χ0) is 9.97. The van der Waals surface area contributed by atoms with Gasteiger partial charge in [-0.2, -0.15) is 0 Å². The van der Waals surface area contributed by atoms with Crippen LogP contribution >= 0.6 is 11.8 Å². The van der Waals surface area contributed by atoms with E-state index in [-0.39, 0.29) is 12.0 Å². The average Bonchev–Trinajstić information content (AvgIpc) is 2.65. The van der Waals surface area contributed by atoms with Crippen LogP contribution in [0.2, 0.25) is 0 Å². The van der Waals surface area contributed by atoms with Crippen LogP contribution in [0.4, 0.5) is 0 Å². The van der Waals surface area contributed by atoms with Gasteiger partial charge in [-0.25, -0.2) is 4.99 Å². The normalized spacial score (nSPS) is 29.4. The number of amides is 1. The highest BCUT2D eigenvalue weighted by atomic mass is 32.2. The average molecular weight is 214 g/mol. The summed E-state index contributed by atoms with van der Waals surface area (Å²) in [5, 5.41) is 0.869. The SMILES string of the molecule is CCN1CCOC(C2=NC(=O)CS2)C1. The zero-order valence-corrected chi connectivity index (χ0v) is 9.05. The number of carbonyl (C=O) groups excluding carboxylic acids is 1. The van der Waals surface area contributed by atoms with Crippen molar-refractivity contribution in [1.82, 2.24) is 4.90 Å². The summed E-state index contributed by atoms with van der Waals surface area (Å²) in [5.74, 6) is 0.462. The van der Waals surface area contributed by atoms with Crippen LogP contribution in [-0.4, -0.2) is 53.9 Å². The molecule has 0 aliphatic carbocycles. The molecule has 14 heavy (non-hydrogen) atoms. The fraction of sp³-hybridized carbons (Fsp3) is 0.778. The topological polar surface area (TPSA) is 41.9 Å². The van der Waals surface area contributed by atoms with Crippen LogP contribution in [0.15, 0.2) is 4.99 Å². The number of likely N-dealkylation sites (N-methyl/N-ethyl adjacent to an activating group) is 1. The molecule has 1 fully saturated rings. The van der Waals surface area contributed by atoms with Gasteiger partial charge in [0, 0.05) is 13.1 Å². The second-order valence-electron chi connectivity index (χ2n) is 3.39. The van der Waals surface area contributed by atoms with Crippen LogP contribution in [0, 0.1) is 0 Å². The molecule has 0 radical (unpaired) electrons. The predicted molar refractivity (Wildman–Crippen MR) is 56.8 cm³/mol. The zero-order valence-electron chi connectivity index (χ0n) is 8.23. The molecule has 5 heteroatoms. The van der Waals surface area contributed by atoms with Gasteiger partial charge < -0.3 is 4.74 Å². The molecule has 2 rings (SSSR count). The van der Waals surface area contributed by atoms with Crippen molar-refractivity contribution in [2.24, 2.45) is 4.99 Å². The molecule has 1 atom stereocenters. The first-order valence-electron chi connectivity index (χ1n) is 4.87. The second kappa shape index (κ2) is 4.42. The highest BCUT2D eigenvalue weighted by Crippen LogP contribution is 2.20. The molecule has 0 aromatic heterocycles. The van der Waals surface area contributed by atoms with Crippen molar-refractivity contribution < 1.29 is 9.53 Å². The molecule has 2 heterocycles. The third kappa shape index (κ3) is 2.16. The molecular formula is C9H14N2O2S. The van der Waals surface area contributed by atoms with Crippen LogP contribution in [0.5, 0.6) is 0 Å². The molecule has 78 valence electrons. The van der Waals surface area contributed by atoms with Crippen molar-refractivity contribution in [2.75, 3.05) is 32.0 Å². The van der Waals surface area contributed by atoms with Gasteiger partial charge in [0.05, 0.1) is 12.4 Å². The largest absolute Gasteiger partial charge is 0.369 e. The monoisotopic (exact) mass is 214 g/mol. The van der Waals surface area contributed by atoms with Gasteiger partial charge in [-0.1, -0.05) is 18.7 Å². The lowest BCUT2D eigenvalue weighted by Gasteiger charge is -2.31. The number of hydrogen-bond acceptors (Lipinski definition) is 4. The first kappa shape index (κ1) is 10.1. The molecule has 2 aliphatic heterocycles. The van der Waals surface area contributed by atoms with Crippen LogP contribution in [0.3, 0.4) is 0 Å². The van der Waals surface area contributed by atoms with Gasteiger partial charge in [0.2, 0.25) is 0 Å². The van der Waals surface area contributed by atoms with Crippen LogP contribution in [0.25, 0.3) is 0 Å². The molecule has 0 spiro atoms. The Morgan fingerprint density at radius 1 is 1.71 bits per heavy atom. The fourth-order valence-corrected chi connectivity index (χ4v) is 2.46. The number of rotatable bonds is 2. The lowest BCUT2D eigenvalue weighted by molar-refractivity contribution is -0.115. The Hall–Kier alpha value is -0.390. The molecule has 0 saturated carbocycles. The van der Waals surface area contributed by atoms with Gasteiger partial charge in [-0.3, -0.25) is 9.69 Å². The van der Waals surface area contributed by atoms with E-state index in [4.69, 9.17) is 4.74 Å². The minimum atomic E-state index is -0.0257. The van der Waals surface area contributed by atoms with E-state index >= 15 is 0 Å². The first-order chi connectivity index (χ1) is 6.79. The van der Waals surface area contributed by atoms with E-state index in [1.165, 1.54) is 11.8 Å². The van der Waals surface area contributed by atoms with Gasteiger partial charge in [0.15, 0.2) is 0 Å². The lowest BCUT2D eigenvalue weighted by Crippen LogP contribution is -2.44. The number of aliphatic imine (C=N–C) groups is 1. The highest BCUT2D eigenvalue weighted by molar-refractivity contribution is 8.15. The molecule has 0 N–H and O–H groups in total. The summed E-state index contributed by atoms with van der Waals surface area (Å²) < 4.78 is 5.60. The number of morpholine rings is 1. The number of thioether (sulfide) groups is 1. The van der Waals surface area contributed by atoms with Crippen molar-refractivity contribution in [3.63, 3.8) is 0 Å². The molecule has 4 nitrogen and oxygen atoms in total. The third-order valence-corrected chi connectivity index (χ3v) is 3.49. The van der Waals surface area contributed by atoms with Crippen molar-refractivity contribution >= 4 is 22.7 Å². The second-order valence-corrected chi connectivity index (χ2v) is 4.38. The third-order valence-electron chi connectivity index (χ3n) is 2.45. The fourth-order valence-electron chi connectivity index (χ4n) is 1.63. The Bertz CT molecular complexity index is 268. The first-order valence-corrected chi connectivity index (χ1v) is 5.86. The van der Waals surface area contributed by atoms with E-state index < -0.39 is 0 Å². The molecular weight excluding hydrogens is 200 g/mol.